The number of anilines is 1. The van der Waals surface area contributed by atoms with Gasteiger partial charge >= 0.3 is 16.9 Å². The largest absolute Gasteiger partial charge is 0.481 e. The molecular formula is C13H13N3O4S. The van der Waals surface area contributed by atoms with Gasteiger partial charge in [0.15, 0.2) is 0 Å². The molecule has 2 aromatic rings. The first-order valence-corrected chi connectivity index (χ1v) is 6.93. The number of H-pyrrole nitrogens is 1. The number of thiazole rings is 1. The van der Waals surface area contributed by atoms with Gasteiger partial charge in [0.1, 0.15) is 0 Å². The van der Waals surface area contributed by atoms with E-state index in [9.17, 15) is 14.4 Å². The molecule has 8 heteroatoms. The van der Waals surface area contributed by atoms with Crippen LogP contribution in [0.1, 0.15) is 11.3 Å². The van der Waals surface area contributed by atoms with E-state index in [1.54, 1.807) is 29.6 Å². The van der Waals surface area contributed by atoms with Gasteiger partial charge in [-0.2, -0.15) is 0 Å². The first kappa shape index (κ1) is 14.8. The fourth-order valence-electron chi connectivity index (χ4n) is 1.63. The van der Waals surface area contributed by atoms with Crippen molar-refractivity contribution >= 4 is 29.0 Å². The second-order valence-corrected chi connectivity index (χ2v) is 5.09. The van der Waals surface area contributed by atoms with E-state index < -0.39 is 12.0 Å². The number of rotatable bonds is 5. The Morgan fingerprint density at radius 3 is 2.52 bits per heavy atom. The highest BCUT2D eigenvalue weighted by atomic mass is 32.1. The molecule has 1 aromatic carbocycles. The van der Waals surface area contributed by atoms with Crippen LogP contribution >= 0.6 is 11.3 Å². The summed E-state index contributed by atoms with van der Waals surface area (Å²) in [6.07, 6.45) is -0.0575. The van der Waals surface area contributed by atoms with Crippen molar-refractivity contribution in [1.29, 1.82) is 0 Å². The van der Waals surface area contributed by atoms with Gasteiger partial charge in [0.05, 0.1) is 13.0 Å². The lowest BCUT2D eigenvalue weighted by Gasteiger charge is -2.07. The molecule has 0 atom stereocenters. The fraction of sp³-hybridized carbons (Fsp3) is 0.154. The van der Waals surface area contributed by atoms with Gasteiger partial charge < -0.3 is 20.7 Å². The lowest BCUT2D eigenvalue weighted by Crippen LogP contribution is -2.28. The maximum Gasteiger partial charge on any atom is 0.319 e. The number of hydrogen-bond acceptors (Lipinski definition) is 4. The number of urea groups is 1. The summed E-state index contributed by atoms with van der Waals surface area (Å²) in [7, 11) is 0. The molecule has 2 rings (SSSR count). The molecule has 4 N–H and O–H groups in total. The summed E-state index contributed by atoms with van der Waals surface area (Å²) in [5.74, 6) is -0.904. The molecule has 1 heterocycles. The molecule has 2 amide bonds. The Morgan fingerprint density at radius 2 is 1.95 bits per heavy atom. The van der Waals surface area contributed by atoms with E-state index in [4.69, 9.17) is 5.11 Å². The Hall–Kier alpha value is -2.61. The smallest absolute Gasteiger partial charge is 0.319 e. The van der Waals surface area contributed by atoms with Gasteiger partial charge in [-0.1, -0.05) is 23.5 Å². The highest BCUT2D eigenvalue weighted by Gasteiger charge is 2.04. The van der Waals surface area contributed by atoms with Crippen LogP contribution in [0.3, 0.4) is 0 Å². The highest BCUT2D eigenvalue weighted by molar-refractivity contribution is 7.07. The molecule has 0 saturated heterocycles. The minimum Gasteiger partial charge on any atom is -0.481 e. The van der Waals surface area contributed by atoms with E-state index in [-0.39, 0.29) is 17.8 Å². The summed E-state index contributed by atoms with van der Waals surface area (Å²) in [6.45, 7) is 0.224. The predicted molar refractivity (Wildman–Crippen MR) is 78.6 cm³/mol. The zero-order valence-electron chi connectivity index (χ0n) is 10.9. The summed E-state index contributed by atoms with van der Waals surface area (Å²) in [4.78, 5) is 35.5. The van der Waals surface area contributed by atoms with Gasteiger partial charge in [-0.3, -0.25) is 9.59 Å². The zero-order valence-corrected chi connectivity index (χ0v) is 11.7. The van der Waals surface area contributed by atoms with E-state index in [1.807, 2.05) is 0 Å². The SMILES string of the molecule is O=C(O)Cc1ccc(NC(=O)NCc2csc(=O)[nH]2)cc1. The molecule has 0 spiro atoms. The average molecular weight is 307 g/mol. The summed E-state index contributed by atoms with van der Waals surface area (Å²) in [5.41, 5.74) is 1.85. The van der Waals surface area contributed by atoms with Crippen molar-refractivity contribution in [2.24, 2.45) is 0 Å². The quantitative estimate of drug-likeness (QED) is 0.668. The monoisotopic (exact) mass is 307 g/mol. The minimum absolute atomic E-state index is 0.0575. The zero-order chi connectivity index (χ0) is 15.2. The second kappa shape index (κ2) is 6.71. The van der Waals surface area contributed by atoms with Crippen molar-refractivity contribution in [2.75, 3.05) is 5.32 Å². The lowest BCUT2D eigenvalue weighted by atomic mass is 10.1. The van der Waals surface area contributed by atoms with Crippen molar-refractivity contribution < 1.29 is 14.7 Å². The number of carboxylic acid groups (broad SMARTS) is 1. The van der Waals surface area contributed by atoms with Crippen LogP contribution in [-0.4, -0.2) is 22.1 Å². The van der Waals surface area contributed by atoms with Crippen LogP contribution in [0.4, 0.5) is 10.5 Å². The van der Waals surface area contributed by atoms with E-state index in [0.717, 1.165) is 11.3 Å². The topological polar surface area (TPSA) is 111 Å². The van der Waals surface area contributed by atoms with Gasteiger partial charge in [0.2, 0.25) is 0 Å². The molecule has 0 radical (unpaired) electrons. The molecule has 0 aliphatic rings. The third kappa shape index (κ3) is 4.77. The summed E-state index contributed by atoms with van der Waals surface area (Å²) < 4.78 is 0. The average Bonchev–Trinajstić information content (AvgIpc) is 2.84. The van der Waals surface area contributed by atoms with Gasteiger partial charge in [-0.25, -0.2) is 4.79 Å². The number of aromatic nitrogens is 1. The van der Waals surface area contributed by atoms with Crippen LogP contribution in [0.5, 0.6) is 0 Å². The van der Waals surface area contributed by atoms with Gasteiger partial charge in [-0.15, -0.1) is 0 Å². The van der Waals surface area contributed by atoms with E-state index in [0.29, 0.717) is 16.9 Å². The number of hydrogen-bond donors (Lipinski definition) is 4. The maximum absolute atomic E-state index is 11.7. The van der Waals surface area contributed by atoms with Crippen molar-refractivity contribution in [3.05, 3.63) is 50.6 Å². The van der Waals surface area contributed by atoms with Crippen molar-refractivity contribution in [3.8, 4) is 0 Å². The molecule has 0 saturated carbocycles. The maximum atomic E-state index is 11.7. The normalized spacial score (nSPS) is 10.1. The van der Waals surface area contributed by atoms with Gasteiger partial charge in [-0.05, 0) is 17.7 Å². The number of aromatic amines is 1. The third-order valence-electron chi connectivity index (χ3n) is 2.58. The fourth-order valence-corrected chi connectivity index (χ4v) is 2.21. The molecular weight excluding hydrogens is 294 g/mol. The molecule has 7 nitrogen and oxygen atoms in total. The number of amides is 2. The van der Waals surface area contributed by atoms with Crippen LogP contribution in [0.25, 0.3) is 0 Å². The van der Waals surface area contributed by atoms with Crippen LogP contribution in [0, 0.1) is 0 Å². The Morgan fingerprint density at radius 1 is 1.24 bits per heavy atom. The van der Waals surface area contributed by atoms with Crippen LogP contribution in [0.2, 0.25) is 0 Å². The van der Waals surface area contributed by atoms with Gasteiger partial charge in [0.25, 0.3) is 0 Å². The molecule has 21 heavy (non-hydrogen) atoms. The van der Waals surface area contributed by atoms with Crippen molar-refractivity contribution in [1.82, 2.24) is 10.3 Å². The molecule has 1 aromatic heterocycles. The van der Waals surface area contributed by atoms with E-state index in [1.165, 1.54) is 0 Å². The number of benzene rings is 1. The summed E-state index contributed by atoms with van der Waals surface area (Å²) in [6, 6.07) is 6.13. The number of aliphatic carboxylic acids is 1. The third-order valence-corrected chi connectivity index (χ3v) is 3.30. The molecule has 0 aliphatic carbocycles. The Balaban J connectivity index is 1.84. The number of carboxylic acids is 1. The number of carbonyl (C=O) groups excluding carboxylic acids is 1. The predicted octanol–water partition coefficient (Wildman–Crippen LogP) is 1.39. The minimum atomic E-state index is -0.904. The van der Waals surface area contributed by atoms with Crippen LogP contribution in [0.15, 0.2) is 34.4 Å². The van der Waals surface area contributed by atoms with Crippen LogP contribution in [-0.2, 0) is 17.8 Å². The van der Waals surface area contributed by atoms with E-state index in [2.05, 4.69) is 15.6 Å². The first-order valence-electron chi connectivity index (χ1n) is 6.05. The first-order chi connectivity index (χ1) is 10.0. The summed E-state index contributed by atoms with van der Waals surface area (Å²) >= 11 is 1.04. The van der Waals surface area contributed by atoms with Crippen molar-refractivity contribution in [2.45, 2.75) is 13.0 Å². The van der Waals surface area contributed by atoms with E-state index >= 15 is 0 Å². The standard InChI is InChI=1S/C13H13N3O4S/c17-11(18)5-8-1-3-9(4-2-8)15-12(19)14-6-10-7-21-13(20)16-10/h1-4,7H,5-6H2,(H,16,20)(H,17,18)(H2,14,15,19). The van der Waals surface area contributed by atoms with Crippen molar-refractivity contribution in [3.63, 3.8) is 0 Å². The highest BCUT2D eigenvalue weighted by Crippen LogP contribution is 2.10. The van der Waals surface area contributed by atoms with Crippen LogP contribution < -0.4 is 15.5 Å². The van der Waals surface area contributed by atoms with Gasteiger partial charge in [0, 0.05) is 16.8 Å². The Kier molecular flexibility index (Phi) is 4.72. The molecule has 0 fully saturated rings. The molecule has 110 valence electrons. The summed E-state index contributed by atoms with van der Waals surface area (Å²) in [5, 5.41) is 15.5. The molecule has 0 bridgehead atoms. The molecule has 0 unspecified atom stereocenters. The molecule has 0 aliphatic heterocycles. The lowest BCUT2D eigenvalue weighted by molar-refractivity contribution is -0.136. The Bertz CT molecular complexity index is 690. The second-order valence-electron chi connectivity index (χ2n) is 4.25. The Labute approximate surface area is 123 Å². The number of nitrogens with one attached hydrogen (secondary N) is 3. The number of carbonyl (C=O) groups is 2.